The Bertz CT molecular complexity index is 1150. The van der Waals surface area contributed by atoms with Crippen LogP contribution in [0.3, 0.4) is 0 Å². The molecular weight excluding hydrogens is 380 g/mol. The van der Waals surface area contributed by atoms with Crippen molar-refractivity contribution in [1.82, 2.24) is 4.98 Å². The van der Waals surface area contributed by atoms with Crippen molar-refractivity contribution in [2.24, 2.45) is 0 Å². The summed E-state index contributed by atoms with van der Waals surface area (Å²) in [5.41, 5.74) is 3.49. The number of aromatic nitrogens is 1. The molecule has 0 aliphatic rings. The molecule has 1 N–H and O–H groups in total. The fourth-order valence-electron chi connectivity index (χ4n) is 2.98. The van der Waals surface area contributed by atoms with Crippen LogP contribution < -0.4 is 14.8 Å². The maximum absolute atomic E-state index is 12.5. The van der Waals surface area contributed by atoms with Crippen LogP contribution in [0.4, 0.5) is 5.69 Å². The van der Waals surface area contributed by atoms with Gasteiger partial charge in [0.15, 0.2) is 5.58 Å². The lowest BCUT2D eigenvalue weighted by atomic mass is 10.1. The molecule has 0 unspecified atom stereocenters. The molecule has 0 saturated heterocycles. The molecule has 0 aliphatic heterocycles. The predicted octanol–water partition coefficient (Wildman–Crippen LogP) is 5.54. The monoisotopic (exact) mass is 402 g/mol. The number of rotatable bonds is 7. The summed E-state index contributed by atoms with van der Waals surface area (Å²) >= 11 is 0. The summed E-state index contributed by atoms with van der Waals surface area (Å²) < 4.78 is 16.6. The molecule has 0 fully saturated rings. The highest BCUT2D eigenvalue weighted by Crippen LogP contribution is 2.27. The highest BCUT2D eigenvalue weighted by Gasteiger charge is 2.10. The molecular formula is C24H22N2O4. The van der Waals surface area contributed by atoms with E-state index in [9.17, 15) is 4.79 Å². The first-order chi connectivity index (χ1) is 14.7. The average Bonchev–Trinajstić information content (AvgIpc) is 3.21. The van der Waals surface area contributed by atoms with E-state index < -0.39 is 0 Å². The highest BCUT2D eigenvalue weighted by atomic mass is 16.5. The topological polar surface area (TPSA) is 73.6 Å². The van der Waals surface area contributed by atoms with Crippen molar-refractivity contribution in [3.8, 4) is 23.0 Å². The number of hydrogen-bond donors (Lipinski definition) is 1. The lowest BCUT2D eigenvalue weighted by Crippen LogP contribution is -2.11. The van der Waals surface area contributed by atoms with Gasteiger partial charge in [0.25, 0.3) is 5.91 Å². The molecule has 1 heterocycles. The second kappa shape index (κ2) is 8.69. The second-order valence-electron chi connectivity index (χ2n) is 6.76. The van der Waals surface area contributed by atoms with Crippen LogP contribution >= 0.6 is 0 Å². The quantitative estimate of drug-likeness (QED) is 0.439. The third-order valence-electron chi connectivity index (χ3n) is 4.57. The number of anilines is 1. The molecule has 0 saturated carbocycles. The van der Waals surface area contributed by atoms with Crippen molar-refractivity contribution in [3.05, 3.63) is 72.3 Å². The van der Waals surface area contributed by atoms with Crippen molar-refractivity contribution >= 4 is 22.7 Å². The Hall–Kier alpha value is -3.80. The largest absolute Gasteiger partial charge is 0.497 e. The van der Waals surface area contributed by atoms with Crippen molar-refractivity contribution in [2.45, 2.75) is 13.3 Å². The van der Waals surface area contributed by atoms with Crippen LogP contribution in [0.1, 0.15) is 23.7 Å². The Morgan fingerprint density at radius 1 is 1.00 bits per heavy atom. The Kier molecular flexibility index (Phi) is 5.66. The van der Waals surface area contributed by atoms with E-state index in [0.717, 1.165) is 29.0 Å². The maximum atomic E-state index is 12.5. The first-order valence-corrected chi connectivity index (χ1v) is 9.75. The van der Waals surface area contributed by atoms with Gasteiger partial charge in [-0.1, -0.05) is 6.92 Å². The maximum Gasteiger partial charge on any atom is 0.255 e. The average molecular weight is 402 g/mol. The Labute approximate surface area is 174 Å². The van der Waals surface area contributed by atoms with E-state index in [0.29, 0.717) is 29.3 Å². The number of nitrogens with zero attached hydrogens (tertiary/aromatic N) is 1. The van der Waals surface area contributed by atoms with E-state index in [1.807, 2.05) is 42.5 Å². The summed E-state index contributed by atoms with van der Waals surface area (Å²) in [6.45, 7) is 2.71. The summed E-state index contributed by atoms with van der Waals surface area (Å²) in [6.07, 6.45) is 0.940. The number of hydrogen-bond acceptors (Lipinski definition) is 5. The van der Waals surface area contributed by atoms with Gasteiger partial charge in [0.05, 0.1) is 13.7 Å². The SMILES string of the molecule is CCCOc1ccc(C(=O)Nc2ccc(-c3nc4cc(OC)ccc4o3)cc2)cc1. The summed E-state index contributed by atoms with van der Waals surface area (Å²) in [5, 5.41) is 2.89. The third kappa shape index (κ3) is 4.27. The molecule has 0 radical (unpaired) electrons. The normalized spacial score (nSPS) is 10.7. The lowest BCUT2D eigenvalue weighted by Gasteiger charge is -2.07. The number of methoxy groups -OCH3 is 1. The van der Waals surface area contributed by atoms with Crippen molar-refractivity contribution in [2.75, 3.05) is 19.0 Å². The molecule has 1 amide bonds. The number of ether oxygens (including phenoxy) is 2. The molecule has 0 aliphatic carbocycles. The second-order valence-corrected chi connectivity index (χ2v) is 6.76. The van der Waals surface area contributed by atoms with E-state index in [4.69, 9.17) is 13.9 Å². The standard InChI is InChI=1S/C24H22N2O4/c1-3-14-29-19-10-6-16(7-11-19)23(27)25-18-8-4-17(5-9-18)24-26-21-15-20(28-2)12-13-22(21)30-24/h4-13,15H,3,14H2,1-2H3,(H,25,27). The molecule has 0 atom stereocenters. The number of fused-ring (bicyclic) bond motifs is 1. The minimum absolute atomic E-state index is 0.182. The van der Waals surface area contributed by atoms with Crippen molar-refractivity contribution in [1.29, 1.82) is 0 Å². The summed E-state index contributed by atoms with van der Waals surface area (Å²) in [7, 11) is 1.61. The van der Waals surface area contributed by atoms with E-state index in [-0.39, 0.29) is 5.91 Å². The van der Waals surface area contributed by atoms with Gasteiger partial charge in [-0.05, 0) is 67.1 Å². The summed E-state index contributed by atoms with van der Waals surface area (Å²) in [6, 6.07) is 20.0. The van der Waals surface area contributed by atoms with Gasteiger partial charge < -0.3 is 19.2 Å². The van der Waals surface area contributed by atoms with Gasteiger partial charge >= 0.3 is 0 Å². The van der Waals surface area contributed by atoms with E-state index >= 15 is 0 Å². The van der Waals surface area contributed by atoms with E-state index in [1.54, 1.807) is 31.4 Å². The van der Waals surface area contributed by atoms with Crippen molar-refractivity contribution < 1.29 is 18.7 Å². The van der Waals surface area contributed by atoms with E-state index in [1.165, 1.54) is 0 Å². The molecule has 0 bridgehead atoms. The van der Waals surface area contributed by atoms with Gasteiger partial charge in [0.1, 0.15) is 17.0 Å². The Morgan fingerprint density at radius 3 is 2.43 bits per heavy atom. The third-order valence-corrected chi connectivity index (χ3v) is 4.57. The Balaban J connectivity index is 1.45. The molecule has 30 heavy (non-hydrogen) atoms. The minimum atomic E-state index is -0.182. The van der Waals surface area contributed by atoms with Crippen LogP contribution in [0.5, 0.6) is 11.5 Å². The van der Waals surface area contributed by atoms with Crippen LogP contribution in [0.25, 0.3) is 22.6 Å². The number of oxazole rings is 1. The van der Waals surface area contributed by atoms with Gasteiger partial charge in [-0.3, -0.25) is 4.79 Å². The predicted molar refractivity (Wildman–Crippen MR) is 116 cm³/mol. The van der Waals surface area contributed by atoms with Crippen LogP contribution in [0.2, 0.25) is 0 Å². The molecule has 152 valence electrons. The number of carbonyl (C=O) groups is 1. The first kappa shape index (κ1) is 19.5. The number of carbonyl (C=O) groups excluding carboxylic acids is 1. The van der Waals surface area contributed by atoms with Gasteiger partial charge in [-0.15, -0.1) is 0 Å². The smallest absolute Gasteiger partial charge is 0.255 e. The zero-order valence-corrected chi connectivity index (χ0v) is 16.8. The van der Waals surface area contributed by atoms with Gasteiger partial charge in [0, 0.05) is 22.9 Å². The molecule has 1 aromatic heterocycles. The molecule has 0 spiro atoms. The van der Waals surface area contributed by atoms with E-state index in [2.05, 4.69) is 17.2 Å². The van der Waals surface area contributed by atoms with Gasteiger partial charge in [-0.2, -0.15) is 0 Å². The number of benzene rings is 3. The summed E-state index contributed by atoms with van der Waals surface area (Å²) in [5.74, 6) is 1.82. The van der Waals surface area contributed by atoms with Gasteiger partial charge in [0.2, 0.25) is 5.89 Å². The van der Waals surface area contributed by atoms with Crippen LogP contribution in [0, 0.1) is 0 Å². The zero-order chi connectivity index (χ0) is 20.9. The fourth-order valence-corrected chi connectivity index (χ4v) is 2.98. The molecule has 4 rings (SSSR count). The van der Waals surface area contributed by atoms with Crippen LogP contribution in [-0.2, 0) is 0 Å². The molecule has 3 aromatic carbocycles. The number of nitrogens with one attached hydrogen (secondary N) is 1. The zero-order valence-electron chi connectivity index (χ0n) is 16.8. The van der Waals surface area contributed by atoms with Gasteiger partial charge in [-0.25, -0.2) is 4.98 Å². The molecule has 4 aromatic rings. The minimum Gasteiger partial charge on any atom is -0.497 e. The molecule has 6 heteroatoms. The first-order valence-electron chi connectivity index (χ1n) is 9.75. The Morgan fingerprint density at radius 2 is 1.73 bits per heavy atom. The molecule has 6 nitrogen and oxygen atoms in total. The van der Waals surface area contributed by atoms with Crippen molar-refractivity contribution in [3.63, 3.8) is 0 Å². The summed E-state index contributed by atoms with van der Waals surface area (Å²) in [4.78, 5) is 17.0. The lowest BCUT2D eigenvalue weighted by molar-refractivity contribution is 0.102. The fraction of sp³-hybridized carbons (Fsp3) is 0.167. The van der Waals surface area contributed by atoms with Crippen LogP contribution in [0.15, 0.2) is 71.1 Å². The number of amides is 1. The van der Waals surface area contributed by atoms with Crippen LogP contribution in [-0.4, -0.2) is 24.6 Å². The highest BCUT2D eigenvalue weighted by molar-refractivity contribution is 6.04.